The number of hydrogen-bond donors (Lipinski definition) is 3. The Morgan fingerprint density at radius 1 is 1.27 bits per heavy atom. The summed E-state index contributed by atoms with van der Waals surface area (Å²) in [5.74, 6) is 1.79. The van der Waals surface area contributed by atoms with Gasteiger partial charge in [0.1, 0.15) is 0 Å². The molecule has 0 radical (unpaired) electrons. The minimum Gasteiger partial charge on any atom is -0.355 e. The fourth-order valence-electron chi connectivity index (χ4n) is 4.69. The number of hydrogen-bond acceptors (Lipinski definition) is 3. The van der Waals surface area contributed by atoms with Crippen LogP contribution in [0.15, 0.2) is 4.99 Å². The Morgan fingerprint density at radius 2 is 2.04 bits per heavy atom. The molecule has 3 aliphatic rings. The molecule has 1 spiro atoms. The summed E-state index contributed by atoms with van der Waals surface area (Å²) in [6, 6.07) is 0. The van der Waals surface area contributed by atoms with Gasteiger partial charge in [-0.3, -0.25) is 14.6 Å². The van der Waals surface area contributed by atoms with Crippen molar-refractivity contribution in [1.29, 1.82) is 0 Å². The van der Waals surface area contributed by atoms with Crippen LogP contribution in [0.5, 0.6) is 0 Å². The van der Waals surface area contributed by atoms with Gasteiger partial charge < -0.3 is 20.9 Å². The SMILES string of the molecule is CN=C(NCCNC(=O)CC1CCCC1)N1CCCC2(CNC(=O)C2)C1. The topological polar surface area (TPSA) is 85.8 Å². The molecule has 3 fully saturated rings. The van der Waals surface area contributed by atoms with Crippen molar-refractivity contribution < 1.29 is 9.59 Å². The lowest BCUT2D eigenvalue weighted by Crippen LogP contribution is -2.52. The van der Waals surface area contributed by atoms with Crippen molar-refractivity contribution in [2.24, 2.45) is 16.3 Å². The summed E-state index contributed by atoms with van der Waals surface area (Å²) in [4.78, 5) is 30.3. The van der Waals surface area contributed by atoms with Gasteiger partial charge in [0.25, 0.3) is 0 Å². The number of nitrogens with zero attached hydrogens (tertiary/aromatic N) is 2. The number of aliphatic imine (C=N–C) groups is 1. The highest BCUT2D eigenvalue weighted by Crippen LogP contribution is 2.35. The molecule has 1 unspecified atom stereocenters. The van der Waals surface area contributed by atoms with E-state index in [1.807, 2.05) is 0 Å². The van der Waals surface area contributed by atoms with Gasteiger partial charge in [0, 0.05) is 58.0 Å². The molecule has 0 aromatic carbocycles. The summed E-state index contributed by atoms with van der Waals surface area (Å²) in [5, 5.41) is 9.36. The van der Waals surface area contributed by atoms with Gasteiger partial charge in [-0.2, -0.15) is 0 Å². The summed E-state index contributed by atoms with van der Waals surface area (Å²) in [7, 11) is 1.79. The van der Waals surface area contributed by atoms with Crippen LogP contribution in [0.2, 0.25) is 0 Å². The van der Waals surface area contributed by atoms with E-state index in [0.717, 1.165) is 38.4 Å². The van der Waals surface area contributed by atoms with Crippen LogP contribution in [0.3, 0.4) is 0 Å². The Kier molecular flexibility index (Phi) is 6.38. The molecule has 1 atom stereocenters. The van der Waals surface area contributed by atoms with Crippen molar-refractivity contribution >= 4 is 17.8 Å². The predicted molar refractivity (Wildman–Crippen MR) is 102 cm³/mol. The van der Waals surface area contributed by atoms with Gasteiger partial charge in [0.2, 0.25) is 11.8 Å². The summed E-state index contributed by atoms with van der Waals surface area (Å²) in [6.07, 6.45) is 8.41. The Balaban J connectivity index is 1.39. The van der Waals surface area contributed by atoms with Crippen molar-refractivity contribution in [3.05, 3.63) is 0 Å². The third-order valence-electron chi connectivity index (χ3n) is 6.05. The van der Waals surface area contributed by atoms with Crippen LogP contribution >= 0.6 is 0 Å². The largest absolute Gasteiger partial charge is 0.355 e. The third kappa shape index (κ3) is 4.89. The maximum atomic E-state index is 12.0. The van der Waals surface area contributed by atoms with E-state index >= 15 is 0 Å². The second kappa shape index (κ2) is 8.73. The van der Waals surface area contributed by atoms with Crippen molar-refractivity contribution in [2.75, 3.05) is 39.8 Å². The number of amides is 2. The highest BCUT2D eigenvalue weighted by Gasteiger charge is 2.42. The number of piperidine rings is 1. The number of rotatable bonds is 5. The third-order valence-corrected chi connectivity index (χ3v) is 6.05. The molecule has 26 heavy (non-hydrogen) atoms. The fourth-order valence-corrected chi connectivity index (χ4v) is 4.69. The van der Waals surface area contributed by atoms with Crippen LogP contribution < -0.4 is 16.0 Å². The molecule has 2 saturated heterocycles. The average molecular weight is 364 g/mol. The average Bonchev–Trinajstić information content (AvgIpc) is 3.25. The summed E-state index contributed by atoms with van der Waals surface area (Å²) < 4.78 is 0. The van der Waals surface area contributed by atoms with E-state index in [0.29, 0.717) is 31.8 Å². The molecule has 146 valence electrons. The molecular weight excluding hydrogens is 330 g/mol. The number of guanidine groups is 1. The molecule has 3 N–H and O–H groups in total. The smallest absolute Gasteiger partial charge is 0.220 e. The first-order valence-electron chi connectivity index (χ1n) is 10.1. The van der Waals surface area contributed by atoms with E-state index in [1.54, 1.807) is 7.05 Å². The number of carbonyl (C=O) groups excluding carboxylic acids is 2. The Hall–Kier alpha value is -1.79. The van der Waals surface area contributed by atoms with E-state index in [-0.39, 0.29) is 17.2 Å². The first-order chi connectivity index (χ1) is 12.6. The quantitative estimate of drug-likeness (QED) is 0.384. The first kappa shape index (κ1) is 19.0. The van der Waals surface area contributed by atoms with Gasteiger partial charge in [0.05, 0.1) is 0 Å². The second-order valence-corrected chi connectivity index (χ2v) is 8.16. The second-order valence-electron chi connectivity index (χ2n) is 8.16. The van der Waals surface area contributed by atoms with Crippen molar-refractivity contribution in [3.63, 3.8) is 0 Å². The van der Waals surface area contributed by atoms with Crippen molar-refractivity contribution in [1.82, 2.24) is 20.9 Å². The fraction of sp³-hybridized carbons (Fsp3) is 0.842. The van der Waals surface area contributed by atoms with Gasteiger partial charge in [-0.05, 0) is 31.6 Å². The van der Waals surface area contributed by atoms with Crippen LogP contribution in [-0.4, -0.2) is 62.4 Å². The summed E-state index contributed by atoms with van der Waals surface area (Å²) >= 11 is 0. The Labute approximate surface area is 156 Å². The van der Waals surface area contributed by atoms with Crippen molar-refractivity contribution in [2.45, 2.75) is 51.4 Å². The molecule has 7 nitrogen and oxygen atoms in total. The van der Waals surface area contributed by atoms with E-state index in [4.69, 9.17) is 0 Å². The minimum absolute atomic E-state index is 0.0580. The maximum absolute atomic E-state index is 12.0. The van der Waals surface area contributed by atoms with E-state index in [2.05, 4.69) is 25.8 Å². The zero-order valence-electron chi connectivity index (χ0n) is 16.0. The molecule has 0 aromatic heterocycles. The van der Waals surface area contributed by atoms with Gasteiger partial charge in [-0.1, -0.05) is 12.8 Å². The van der Waals surface area contributed by atoms with E-state index in [1.165, 1.54) is 25.7 Å². The lowest BCUT2D eigenvalue weighted by Gasteiger charge is -2.40. The van der Waals surface area contributed by atoms with Gasteiger partial charge in [-0.25, -0.2) is 0 Å². The maximum Gasteiger partial charge on any atom is 0.220 e. The van der Waals surface area contributed by atoms with Crippen LogP contribution in [0, 0.1) is 11.3 Å². The lowest BCUT2D eigenvalue weighted by molar-refractivity contribution is -0.122. The Morgan fingerprint density at radius 3 is 2.73 bits per heavy atom. The molecule has 0 bridgehead atoms. The van der Waals surface area contributed by atoms with E-state index in [9.17, 15) is 9.59 Å². The van der Waals surface area contributed by atoms with Crippen LogP contribution in [0.25, 0.3) is 0 Å². The first-order valence-corrected chi connectivity index (χ1v) is 10.1. The highest BCUT2D eigenvalue weighted by molar-refractivity contribution is 5.82. The molecule has 3 rings (SSSR count). The normalized spacial score (nSPS) is 27.0. The molecule has 2 amide bonds. The van der Waals surface area contributed by atoms with E-state index < -0.39 is 0 Å². The zero-order valence-corrected chi connectivity index (χ0v) is 16.0. The molecule has 2 heterocycles. The van der Waals surface area contributed by atoms with Gasteiger partial charge in [-0.15, -0.1) is 0 Å². The van der Waals surface area contributed by atoms with Crippen LogP contribution in [-0.2, 0) is 9.59 Å². The molecule has 2 aliphatic heterocycles. The highest BCUT2D eigenvalue weighted by atomic mass is 16.2. The standard InChI is InChI=1S/C19H33N5O2/c1-20-18(22-9-8-21-16(25)11-15-5-2-3-6-15)24-10-4-7-19(14-24)12-17(26)23-13-19/h15H,2-14H2,1H3,(H,20,22)(H,21,25)(H,23,26). The lowest BCUT2D eigenvalue weighted by atomic mass is 9.79. The molecule has 7 heteroatoms. The van der Waals surface area contributed by atoms with Gasteiger partial charge in [0.15, 0.2) is 5.96 Å². The molecule has 0 aromatic rings. The number of likely N-dealkylation sites (tertiary alicyclic amines) is 1. The van der Waals surface area contributed by atoms with Gasteiger partial charge >= 0.3 is 0 Å². The van der Waals surface area contributed by atoms with Crippen LogP contribution in [0.4, 0.5) is 0 Å². The molecular formula is C19H33N5O2. The van der Waals surface area contributed by atoms with Crippen LogP contribution in [0.1, 0.15) is 51.4 Å². The molecule has 1 aliphatic carbocycles. The Bertz CT molecular complexity index is 544. The number of carbonyl (C=O) groups is 2. The summed E-state index contributed by atoms with van der Waals surface area (Å²) in [6.45, 7) is 3.88. The molecule has 1 saturated carbocycles. The predicted octanol–water partition coefficient (Wildman–Crippen LogP) is 0.860. The minimum atomic E-state index is 0.0580. The monoisotopic (exact) mass is 363 g/mol. The zero-order chi connectivity index (χ0) is 18.4. The summed E-state index contributed by atoms with van der Waals surface area (Å²) in [5.41, 5.74) is 0.0580. The number of nitrogens with one attached hydrogen (secondary N) is 3. The van der Waals surface area contributed by atoms with Crippen molar-refractivity contribution in [3.8, 4) is 0 Å².